The summed E-state index contributed by atoms with van der Waals surface area (Å²) in [6.07, 6.45) is 2.36. The largest absolute Gasteiger partial charge is 0.359 e. The number of nitriles is 1. The summed E-state index contributed by atoms with van der Waals surface area (Å²) in [4.78, 5) is 30.1. The minimum absolute atomic E-state index is 0.0341. The number of anilines is 1. The average molecular weight is 299 g/mol. The first-order chi connectivity index (χ1) is 10.5. The molecule has 0 aliphatic rings. The predicted octanol–water partition coefficient (Wildman–Crippen LogP) is 0.0296. The molecule has 2 aromatic rings. The van der Waals surface area contributed by atoms with Gasteiger partial charge in [-0.15, -0.1) is 0 Å². The molecule has 114 valence electrons. The first-order valence-electron chi connectivity index (χ1n) is 6.78. The number of hydrogen-bond donors (Lipinski definition) is 0. The molecule has 0 bridgehead atoms. The summed E-state index contributed by atoms with van der Waals surface area (Å²) in [5.41, 5.74) is -0.163. The van der Waals surface area contributed by atoms with Crippen molar-refractivity contribution in [1.29, 1.82) is 5.26 Å². The van der Waals surface area contributed by atoms with E-state index in [1.54, 1.807) is 25.2 Å². The molecule has 0 N–H and O–H groups in total. The third-order valence-corrected chi connectivity index (χ3v) is 3.54. The van der Waals surface area contributed by atoms with Gasteiger partial charge in [-0.2, -0.15) is 5.26 Å². The van der Waals surface area contributed by atoms with Gasteiger partial charge in [-0.25, -0.2) is 4.79 Å². The molecule has 0 unspecified atom stereocenters. The van der Waals surface area contributed by atoms with Gasteiger partial charge in [0, 0.05) is 46.0 Å². The first kappa shape index (κ1) is 15.5. The second-order valence-electron chi connectivity index (χ2n) is 5.01. The van der Waals surface area contributed by atoms with Crippen molar-refractivity contribution in [1.82, 2.24) is 14.1 Å². The first-order valence-corrected chi connectivity index (χ1v) is 6.78. The van der Waals surface area contributed by atoms with E-state index in [2.05, 4.69) is 4.98 Å². The molecule has 7 heteroatoms. The Morgan fingerprint density at radius 3 is 2.59 bits per heavy atom. The van der Waals surface area contributed by atoms with Gasteiger partial charge in [-0.05, 0) is 12.1 Å². The maximum absolute atomic E-state index is 12.1. The van der Waals surface area contributed by atoms with Gasteiger partial charge in [0.25, 0.3) is 5.56 Å². The Morgan fingerprint density at radius 1 is 1.27 bits per heavy atom. The Morgan fingerprint density at radius 2 is 2.00 bits per heavy atom. The van der Waals surface area contributed by atoms with Crippen LogP contribution in [0.4, 0.5) is 5.82 Å². The maximum Gasteiger partial charge on any atom is 0.332 e. The van der Waals surface area contributed by atoms with Crippen LogP contribution >= 0.6 is 0 Å². The maximum atomic E-state index is 12.1. The van der Waals surface area contributed by atoms with Crippen molar-refractivity contribution in [3.05, 3.63) is 56.5 Å². The van der Waals surface area contributed by atoms with Crippen LogP contribution in [-0.2, 0) is 20.5 Å². The molecular weight excluding hydrogens is 282 g/mol. The lowest BCUT2D eigenvalue weighted by molar-refractivity contribution is 0.665. The molecule has 0 aliphatic carbocycles. The van der Waals surface area contributed by atoms with Gasteiger partial charge in [0.15, 0.2) is 5.56 Å². The Balaban J connectivity index is 2.38. The van der Waals surface area contributed by atoms with Crippen LogP contribution < -0.4 is 16.1 Å². The molecule has 0 amide bonds. The van der Waals surface area contributed by atoms with Crippen LogP contribution in [0, 0.1) is 11.3 Å². The molecule has 2 heterocycles. The minimum atomic E-state index is -0.578. The quantitative estimate of drug-likeness (QED) is 0.795. The minimum Gasteiger partial charge on any atom is -0.359 e. The zero-order valence-electron chi connectivity index (χ0n) is 12.8. The van der Waals surface area contributed by atoms with E-state index in [9.17, 15) is 14.9 Å². The van der Waals surface area contributed by atoms with Crippen LogP contribution in [0.1, 0.15) is 11.3 Å². The van der Waals surface area contributed by atoms with Crippen molar-refractivity contribution in [2.24, 2.45) is 14.1 Å². The van der Waals surface area contributed by atoms with Gasteiger partial charge in [0.05, 0.1) is 0 Å². The summed E-state index contributed by atoms with van der Waals surface area (Å²) in [6.45, 7) is 0.534. The number of likely N-dealkylation sites (N-methyl/N-ethyl adjacent to an activating group) is 1. The van der Waals surface area contributed by atoms with Crippen molar-refractivity contribution < 1.29 is 0 Å². The predicted molar refractivity (Wildman–Crippen MR) is 82.9 cm³/mol. The van der Waals surface area contributed by atoms with E-state index in [0.29, 0.717) is 18.8 Å². The fourth-order valence-electron chi connectivity index (χ4n) is 2.31. The summed E-state index contributed by atoms with van der Waals surface area (Å²) in [5, 5.41) is 9.26. The highest BCUT2D eigenvalue weighted by Crippen LogP contribution is 2.13. The molecule has 0 radical (unpaired) electrons. The number of nitrogens with zero attached hydrogens (tertiary/aromatic N) is 5. The molecule has 0 aromatic carbocycles. The third kappa shape index (κ3) is 2.76. The molecule has 0 spiro atoms. The number of rotatable bonds is 4. The van der Waals surface area contributed by atoms with Crippen LogP contribution in [0.5, 0.6) is 0 Å². The Bertz CT molecular complexity index is 830. The Hall–Kier alpha value is -2.88. The Kier molecular flexibility index (Phi) is 4.41. The molecule has 0 fully saturated rings. The van der Waals surface area contributed by atoms with Crippen LogP contribution in [0.3, 0.4) is 0 Å². The van der Waals surface area contributed by atoms with Gasteiger partial charge in [0.1, 0.15) is 11.9 Å². The van der Waals surface area contributed by atoms with Crippen LogP contribution in [-0.4, -0.2) is 27.7 Å². The zero-order valence-corrected chi connectivity index (χ0v) is 12.8. The highest BCUT2D eigenvalue weighted by atomic mass is 16.2. The summed E-state index contributed by atoms with van der Waals surface area (Å²) >= 11 is 0. The monoisotopic (exact) mass is 299 g/mol. The zero-order chi connectivity index (χ0) is 16.3. The fraction of sp³-hybridized carbons (Fsp3) is 0.333. The molecule has 0 atom stereocenters. The van der Waals surface area contributed by atoms with E-state index >= 15 is 0 Å². The highest BCUT2D eigenvalue weighted by molar-refractivity contribution is 5.52. The molecule has 0 saturated carbocycles. The summed E-state index contributed by atoms with van der Waals surface area (Å²) in [5.74, 6) is 0.325. The van der Waals surface area contributed by atoms with Crippen molar-refractivity contribution >= 4 is 5.82 Å². The number of pyridine rings is 1. The molecule has 0 saturated heterocycles. The van der Waals surface area contributed by atoms with Crippen molar-refractivity contribution in [2.75, 3.05) is 18.5 Å². The van der Waals surface area contributed by atoms with Crippen molar-refractivity contribution in [3.63, 3.8) is 0 Å². The highest BCUT2D eigenvalue weighted by Gasteiger charge is 2.18. The van der Waals surface area contributed by atoms with E-state index < -0.39 is 11.2 Å². The SMILES string of the molecule is CN(CCc1ccccn1)c1c(C#N)c(=O)n(C)c(=O)n1C. The van der Waals surface area contributed by atoms with E-state index in [4.69, 9.17) is 0 Å². The topological polar surface area (TPSA) is 83.9 Å². The van der Waals surface area contributed by atoms with E-state index in [0.717, 1.165) is 10.3 Å². The molecule has 2 aromatic heterocycles. The van der Waals surface area contributed by atoms with Gasteiger partial charge in [-0.3, -0.25) is 18.9 Å². The van der Waals surface area contributed by atoms with Crippen molar-refractivity contribution in [2.45, 2.75) is 6.42 Å². The van der Waals surface area contributed by atoms with Gasteiger partial charge >= 0.3 is 5.69 Å². The Labute approximate surface area is 127 Å². The molecule has 22 heavy (non-hydrogen) atoms. The second-order valence-corrected chi connectivity index (χ2v) is 5.01. The average Bonchev–Trinajstić information content (AvgIpc) is 2.54. The lowest BCUT2D eigenvalue weighted by Crippen LogP contribution is -2.42. The standard InChI is InChI=1S/C15H17N5O2/c1-18(9-7-11-6-4-5-8-17-11)13-12(10-16)14(21)20(3)15(22)19(13)2/h4-6,8H,7,9H2,1-3H3. The normalized spacial score (nSPS) is 10.3. The second kappa shape index (κ2) is 6.26. The van der Waals surface area contributed by atoms with Gasteiger partial charge in [0.2, 0.25) is 0 Å². The van der Waals surface area contributed by atoms with Crippen molar-refractivity contribution in [3.8, 4) is 6.07 Å². The smallest absolute Gasteiger partial charge is 0.332 e. The van der Waals surface area contributed by atoms with Gasteiger partial charge in [-0.1, -0.05) is 6.07 Å². The van der Waals surface area contributed by atoms with E-state index in [1.807, 2.05) is 24.3 Å². The summed E-state index contributed by atoms with van der Waals surface area (Å²) in [7, 11) is 4.66. The van der Waals surface area contributed by atoms with E-state index in [-0.39, 0.29) is 5.56 Å². The molecule has 7 nitrogen and oxygen atoms in total. The molecule has 0 aliphatic heterocycles. The molecular formula is C15H17N5O2. The summed E-state index contributed by atoms with van der Waals surface area (Å²) in [6, 6.07) is 7.55. The van der Waals surface area contributed by atoms with E-state index in [1.165, 1.54) is 11.6 Å². The van der Waals surface area contributed by atoms with Crippen LogP contribution in [0.2, 0.25) is 0 Å². The number of hydrogen-bond acceptors (Lipinski definition) is 5. The van der Waals surface area contributed by atoms with Crippen LogP contribution in [0.25, 0.3) is 0 Å². The third-order valence-electron chi connectivity index (χ3n) is 3.54. The lowest BCUT2D eigenvalue weighted by atomic mass is 10.2. The van der Waals surface area contributed by atoms with Crippen LogP contribution in [0.15, 0.2) is 34.0 Å². The fourth-order valence-corrected chi connectivity index (χ4v) is 2.31. The molecule has 2 rings (SSSR count). The summed E-state index contributed by atoms with van der Waals surface area (Å²) < 4.78 is 2.26. The van der Waals surface area contributed by atoms with Gasteiger partial charge < -0.3 is 4.90 Å². The lowest BCUT2D eigenvalue weighted by Gasteiger charge is -2.23. The number of aromatic nitrogens is 3.